The molecule has 1 aromatic carbocycles. The van der Waals surface area contributed by atoms with Crippen molar-refractivity contribution in [1.29, 1.82) is 0 Å². The lowest BCUT2D eigenvalue weighted by atomic mass is 10.1. The summed E-state index contributed by atoms with van der Waals surface area (Å²) in [5.74, 6) is -0.626. The van der Waals surface area contributed by atoms with Gasteiger partial charge >= 0.3 is 11.7 Å². The normalized spacial score (nSPS) is 17.3. The van der Waals surface area contributed by atoms with Crippen molar-refractivity contribution in [3.63, 3.8) is 0 Å². The van der Waals surface area contributed by atoms with E-state index in [-0.39, 0.29) is 35.8 Å². The highest BCUT2D eigenvalue weighted by atomic mass is 32.2. The van der Waals surface area contributed by atoms with Crippen LogP contribution in [0.25, 0.3) is 11.2 Å². The number of hydrogen-bond donors (Lipinski definition) is 0. The third kappa shape index (κ3) is 4.11. The van der Waals surface area contributed by atoms with Gasteiger partial charge in [-0.2, -0.15) is 4.31 Å². The first-order chi connectivity index (χ1) is 15.7. The first-order valence-electron chi connectivity index (χ1n) is 10.6. The van der Waals surface area contributed by atoms with Crippen LogP contribution in [-0.4, -0.2) is 56.6 Å². The summed E-state index contributed by atoms with van der Waals surface area (Å²) in [6.45, 7) is 0.299. The number of nitrogens with zero attached hydrogens (tertiary/aromatic N) is 5. The van der Waals surface area contributed by atoms with E-state index < -0.39 is 33.3 Å². The van der Waals surface area contributed by atoms with Crippen molar-refractivity contribution in [1.82, 2.24) is 23.0 Å². The minimum atomic E-state index is -3.83. The lowest BCUT2D eigenvalue weighted by molar-refractivity contribution is -0.149. The van der Waals surface area contributed by atoms with Gasteiger partial charge in [-0.25, -0.2) is 18.2 Å². The predicted molar refractivity (Wildman–Crippen MR) is 119 cm³/mol. The van der Waals surface area contributed by atoms with Crippen molar-refractivity contribution in [2.45, 2.75) is 36.7 Å². The van der Waals surface area contributed by atoms with Crippen LogP contribution in [0.5, 0.6) is 0 Å². The van der Waals surface area contributed by atoms with E-state index in [1.165, 1.54) is 46.0 Å². The van der Waals surface area contributed by atoms with Gasteiger partial charge < -0.3 is 9.30 Å². The van der Waals surface area contributed by atoms with E-state index in [4.69, 9.17) is 4.74 Å². The Morgan fingerprint density at radius 2 is 1.85 bits per heavy atom. The lowest BCUT2D eigenvalue weighted by Crippen LogP contribution is -2.48. The largest absolute Gasteiger partial charge is 0.463 e. The number of fused-ring (bicyclic) bond motifs is 1. The number of rotatable bonds is 6. The highest BCUT2D eigenvalue weighted by Crippen LogP contribution is 2.26. The van der Waals surface area contributed by atoms with Crippen molar-refractivity contribution < 1.29 is 17.9 Å². The molecule has 11 nitrogen and oxygen atoms in total. The van der Waals surface area contributed by atoms with Crippen molar-refractivity contribution in [2.24, 2.45) is 14.1 Å². The molecule has 0 amide bonds. The Bertz CT molecular complexity index is 1410. The van der Waals surface area contributed by atoms with E-state index in [1.54, 1.807) is 18.2 Å². The van der Waals surface area contributed by atoms with E-state index in [2.05, 4.69) is 4.98 Å². The molecule has 4 rings (SSSR count). The number of aryl methyl sites for hydroxylation is 1. The maximum atomic E-state index is 13.1. The van der Waals surface area contributed by atoms with Gasteiger partial charge in [0.05, 0.1) is 17.8 Å². The van der Waals surface area contributed by atoms with Crippen LogP contribution in [0.2, 0.25) is 0 Å². The number of benzene rings is 1. The smallest absolute Gasteiger partial charge is 0.332 e. The molecule has 0 saturated carbocycles. The fourth-order valence-electron chi connectivity index (χ4n) is 4.06. The Hall–Kier alpha value is -3.25. The predicted octanol–water partition coefficient (Wildman–Crippen LogP) is 0.220. The Morgan fingerprint density at radius 1 is 1.12 bits per heavy atom. The highest BCUT2D eigenvalue weighted by Gasteiger charge is 2.38. The minimum Gasteiger partial charge on any atom is -0.463 e. The Kier molecular flexibility index (Phi) is 6.21. The number of carbonyl (C=O) groups excluding carboxylic acids is 1. The molecule has 1 fully saturated rings. The molecular weight excluding hydrogens is 450 g/mol. The van der Waals surface area contributed by atoms with Crippen LogP contribution >= 0.6 is 0 Å². The number of piperidine rings is 1. The summed E-state index contributed by atoms with van der Waals surface area (Å²) in [5, 5.41) is 0. The van der Waals surface area contributed by atoms with E-state index >= 15 is 0 Å². The number of esters is 1. The molecule has 0 aliphatic carbocycles. The van der Waals surface area contributed by atoms with Crippen LogP contribution in [-0.2, 0) is 40.2 Å². The van der Waals surface area contributed by atoms with Crippen LogP contribution in [0.1, 0.15) is 19.3 Å². The Balaban J connectivity index is 1.50. The maximum absolute atomic E-state index is 13.1. The molecule has 2 aromatic heterocycles. The third-order valence-corrected chi connectivity index (χ3v) is 7.79. The molecular formula is C21H25N5O6S. The number of carbonyl (C=O) groups is 1. The van der Waals surface area contributed by atoms with Gasteiger partial charge in [0, 0.05) is 20.6 Å². The Morgan fingerprint density at radius 3 is 2.58 bits per heavy atom. The van der Waals surface area contributed by atoms with Crippen LogP contribution in [0.4, 0.5) is 0 Å². The molecule has 3 aromatic rings. The summed E-state index contributed by atoms with van der Waals surface area (Å²) in [6.07, 6.45) is 3.17. The minimum absolute atomic E-state index is 0.0774. The zero-order valence-electron chi connectivity index (χ0n) is 18.4. The lowest BCUT2D eigenvalue weighted by Gasteiger charge is -2.33. The van der Waals surface area contributed by atoms with Gasteiger partial charge in [-0.1, -0.05) is 18.2 Å². The summed E-state index contributed by atoms with van der Waals surface area (Å²) in [5.41, 5.74) is -0.519. The summed E-state index contributed by atoms with van der Waals surface area (Å²) < 4.78 is 36.6. The van der Waals surface area contributed by atoms with Gasteiger partial charge in [0.15, 0.2) is 11.2 Å². The average Bonchev–Trinajstić information content (AvgIpc) is 3.26. The molecule has 12 heteroatoms. The molecule has 0 N–H and O–H groups in total. The van der Waals surface area contributed by atoms with Gasteiger partial charge in [-0.3, -0.25) is 18.7 Å². The second-order valence-electron chi connectivity index (χ2n) is 7.92. The molecule has 33 heavy (non-hydrogen) atoms. The van der Waals surface area contributed by atoms with Crippen LogP contribution < -0.4 is 11.2 Å². The number of aromatic nitrogens is 4. The zero-order chi connectivity index (χ0) is 23.8. The standard InChI is InChI=1S/C21H25N5O6S/c1-23-18-17(19(27)24(2)21(23)29)25(14-22-18)12-13-32-20(28)16-10-6-7-11-26(16)33(30,31)15-8-4-3-5-9-15/h3-5,8-9,14,16H,6-7,10-13H2,1-2H3/t16-/m1/s1. The summed E-state index contributed by atoms with van der Waals surface area (Å²) in [6, 6.07) is 7.11. The quantitative estimate of drug-likeness (QED) is 0.467. The third-order valence-electron chi connectivity index (χ3n) is 5.87. The average molecular weight is 476 g/mol. The monoisotopic (exact) mass is 475 g/mol. The number of hydrogen-bond acceptors (Lipinski definition) is 7. The molecule has 1 atom stereocenters. The Labute approximate surface area is 189 Å². The molecule has 0 radical (unpaired) electrons. The SMILES string of the molecule is Cn1c(=O)c2c(ncn2CCOC(=O)[C@H]2CCCCN2S(=O)(=O)c2ccccc2)n(C)c1=O. The van der Waals surface area contributed by atoms with Gasteiger partial charge in [-0.15, -0.1) is 0 Å². The summed E-state index contributed by atoms with van der Waals surface area (Å²) >= 11 is 0. The first kappa shape index (κ1) is 22.9. The van der Waals surface area contributed by atoms with E-state index in [1.807, 2.05) is 0 Å². The highest BCUT2D eigenvalue weighted by molar-refractivity contribution is 7.89. The van der Waals surface area contributed by atoms with E-state index in [0.29, 0.717) is 12.8 Å². The fraction of sp³-hybridized carbons (Fsp3) is 0.429. The van der Waals surface area contributed by atoms with Crippen molar-refractivity contribution in [3.8, 4) is 0 Å². The van der Waals surface area contributed by atoms with E-state index in [9.17, 15) is 22.8 Å². The first-order valence-corrected chi connectivity index (χ1v) is 12.0. The summed E-state index contributed by atoms with van der Waals surface area (Å²) in [4.78, 5) is 41.7. The van der Waals surface area contributed by atoms with Crippen molar-refractivity contribution >= 4 is 27.2 Å². The molecule has 1 aliphatic rings. The van der Waals surface area contributed by atoms with Gasteiger partial charge in [0.1, 0.15) is 12.6 Å². The maximum Gasteiger partial charge on any atom is 0.332 e. The van der Waals surface area contributed by atoms with Gasteiger partial charge in [0.25, 0.3) is 5.56 Å². The van der Waals surface area contributed by atoms with Crippen LogP contribution in [0.15, 0.2) is 51.1 Å². The second-order valence-corrected chi connectivity index (χ2v) is 9.81. The summed E-state index contributed by atoms with van der Waals surface area (Å²) in [7, 11) is -0.930. The van der Waals surface area contributed by atoms with E-state index in [0.717, 1.165) is 11.0 Å². The number of imidazole rings is 1. The molecule has 1 aliphatic heterocycles. The van der Waals surface area contributed by atoms with Gasteiger partial charge in [-0.05, 0) is 31.4 Å². The van der Waals surface area contributed by atoms with Crippen LogP contribution in [0, 0.1) is 0 Å². The number of ether oxygens (including phenoxy) is 1. The molecule has 0 unspecified atom stereocenters. The molecule has 1 saturated heterocycles. The van der Waals surface area contributed by atoms with Crippen LogP contribution in [0.3, 0.4) is 0 Å². The second kappa shape index (κ2) is 8.94. The molecule has 0 bridgehead atoms. The number of sulfonamides is 1. The topological polar surface area (TPSA) is 126 Å². The molecule has 176 valence electrons. The van der Waals surface area contributed by atoms with Crippen molar-refractivity contribution in [3.05, 3.63) is 57.5 Å². The van der Waals surface area contributed by atoms with Gasteiger partial charge in [0.2, 0.25) is 10.0 Å². The molecule has 3 heterocycles. The van der Waals surface area contributed by atoms with Crippen molar-refractivity contribution in [2.75, 3.05) is 13.2 Å². The fourth-order valence-corrected chi connectivity index (χ4v) is 5.73. The molecule has 0 spiro atoms. The zero-order valence-corrected chi connectivity index (χ0v) is 19.2.